The van der Waals surface area contributed by atoms with Crippen molar-refractivity contribution in [2.75, 3.05) is 13.1 Å². The number of sulfonamides is 1. The fourth-order valence-corrected chi connectivity index (χ4v) is 3.46. The fraction of sp³-hybridized carbons (Fsp3) is 0.167. The second kappa shape index (κ2) is 10.4. The smallest absolute Gasteiger partial charge is 0.259 e. The summed E-state index contributed by atoms with van der Waals surface area (Å²) >= 11 is 11.8. The topological polar surface area (TPSA) is 117 Å². The first kappa shape index (κ1) is 22.8. The molecule has 0 fully saturated rings. The van der Waals surface area contributed by atoms with E-state index in [4.69, 9.17) is 23.2 Å². The summed E-state index contributed by atoms with van der Waals surface area (Å²) < 4.78 is 26.4. The summed E-state index contributed by atoms with van der Waals surface area (Å²) in [6.07, 6.45) is 1.33. The Balaban J connectivity index is 1.76. The minimum atomic E-state index is -3.82. The highest BCUT2D eigenvalue weighted by atomic mass is 35.5. The third kappa shape index (κ3) is 7.47. The maximum absolute atomic E-state index is 12.1. The van der Waals surface area contributed by atoms with Gasteiger partial charge in [-0.05, 0) is 31.2 Å². The van der Waals surface area contributed by atoms with Gasteiger partial charge in [0.25, 0.3) is 5.91 Å². The van der Waals surface area contributed by atoms with Crippen LogP contribution in [0, 0.1) is 6.92 Å². The largest absolute Gasteiger partial charge is 0.346 e. The van der Waals surface area contributed by atoms with Gasteiger partial charge >= 0.3 is 0 Å². The zero-order chi connectivity index (χ0) is 21.4. The molecule has 8 nitrogen and oxygen atoms in total. The molecule has 2 aromatic rings. The van der Waals surface area contributed by atoms with Crippen molar-refractivity contribution in [3.63, 3.8) is 0 Å². The van der Waals surface area contributed by atoms with Gasteiger partial charge in [0.15, 0.2) is 0 Å². The number of hydrazone groups is 1. The number of carbonyl (C=O) groups excluding carboxylic acids is 2. The van der Waals surface area contributed by atoms with Gasteiger partial charge in [0.05, 0.1) is 29.2 Å². The summed E-state index contributed by atoms with van der Waals surface area (Å²) in [7, 11) is -3.82. The maximum atomic E-state index is 12.1. The monoisotopic (exact) mass is 456 g/mol. The molecule has 0 heterocycles. The molecule has 2 rings (SSSR count). The van der Waals surface area contributed by atoms with Crippen LogP contribution < -0.4 is 15.5 Å². The average molecular weight is 457 g/mol. The highest BCUT2D eigenvalue weighted by Gasteiger charge is 2.15. The van der Waals surface area contributed by atoms with Gasteiger partial charge in [0.1, 0.15) is 0 Å². The van der Waals surface area contributed by atoms with Crippen molar-refractivity contribution in [1.82, 2.24) is 15.5 Å². The first-order valence-corrected chi connectivity index (χ1v) is 10.5. The Labute approximate surface area is 178 Å². The number of rotatable bonds is 8. The lowest BCUT2D eigenvalue weighted by molar-refractivity contribution is -0.125. The summed E-state index contributed by atoms with van der Waals surface area (Å²) in [5.74, 6) is -1.26. The summed E-state index contributed by atoms with van der Waals surface area (Å²) in [5, 5.41) is 6.85. The van der Waals surface area contributed by atoms with E-state index in [1.54, 1.807) is 24.3 Å². The number of nitrogens with zero attached hydrogens (tertiary/aromatic N) is 1. The molecule has 29 heavy (non-hydrogen) atoms. The third-order valence-electron chi connectivity index (χ3n) is 3.56. The Morgan fingerprint density at radius 2 is 1.72 bits per heavy atom. The van der Waals surface area contributed by atoms with E-state index in [-0.39, 0.29) is 11.4 Å². The molecule has 0 aromatic heterocycles. The molecule has 0 aliphatic rings. The van der Waals surface area contributed by atoms with Crippen LogP contribution in [0.2, 0.25) is 10.0 Å². The van der Waals surface area contributed by atoms with Crippen LogP contribution in [0.5, 0.6) is 0 Å². The van der Waals surface area contributed by atoms with Crippen LogP contribution in [0.4, 0.5) is 0 Å². The molecular weight excluding hydrogens is 439 g/mol. The number of halogens is 2. The Hall–Kier alpha value is -2.46. The van der Waals surface area contributed by atoms with Crippen LogP contribution in [0.1, 0.15) is 11.1 Å². The van der Waals surface area contributed by atoms with E-state index in [9.17, 15) is 18.0 Å². The van der Waals surface area contributed by atoms with Crippen LogP contribution in [-0.4, -0.2) is 39.5 Å². The van der Waals surface area contributed by atoms with Gasteiger partial charge in [-0.15, -0.1) is 0 Å². The van der Waals surface area contributed by atoms with Crippen molar-refractivity contribution < 1.29 is 18.0 Å². The first-order chi connectivity index (χ1) is 13.7. The van der Waals surface area contributed by atoms with Crippen LogP contribution in [-0.2, 0) is 19.6 Å². The Morgan fingerprint density at radius 3 is 2.38 bits per heavy atom. The molecule has 0 unspecified atom stereocenters. The molecule has 11 heteroatoms. The molecule has 3 N–H and O–H groups in total. The zero-order valence-corrected chi connectivity index (χ0v) is 17.6. The SMILES string of the molecule is Cc1ccc(S(=O)(=O)NCC(=O)NCC(=O)N/N=C\c2ccc(Cl)cc2Cl)cc1. The fourth-order valence-electron chi connectivity index (χ4n) is 2.02. The van der Waals surface area contributed by atoms with Gasteiger partial charge in [0.2, 0.25) is 15.9 Å². The summed E-state index contributed by atoms with van der Waals surface area (Å²) in [4.78, 5) is 23.5. The van der Waals surface area contributed by atoms with Crippen LogP contribution in [0.25, 0.3) is 0 Å². The molecule has 0 saturated carbocycles. The van der Waals surface area contributed by atoms with Crippen LogP contribution >= 0.6 is 23.2 Å². The van der Waals surface area contributed by atoms with E-state index < -0.39 is 28.4 Å². The average Bonchev–Trinajstić information content (AvgIpc) is 2.67. The number of aryl methyl sites for hydroxylation is 1. The maximum Gasteiger partial charge on any atom is 0.259 e. The predicted octanol–water partition coefficient (Wildman–Crippen LogP) is 1.85. The molecule has 0 atom stereocenters. The molecule has 0 aliphatic carbocycles. The van der Waals surface area contributed by atoms with Crippen LogP contribution in [0.3, 0.4) is 0 Å². The number of benzene rings is 2. The quantitative estimate of drug-likeness (QED) is 0.414. The van der Waals surface area contributed by atoms with Crippen molar-refractivity contribution in [2.24, 2.45) is 5.10 Å². The predicted molar refractivity (Wildman–Crippen MR) is 112 cm³/mol. The molecule has 2 aromatic carbocycles. The van der Waals surface area contributed by atoms with E-state index in [0.29, 0.717) is 15.6 Å². The van der Waals surface area contributed by atoms with Gasteiger partial charge in [-0.3, -0.25) is 9.59 Å². The lowest BCUT2D eigenvalue weighted by Gasteiger charge is -2.07. The Kier molecular flexibility index (Phi) is 8.15. The zero-order valence-electron chi connectivity index (χ0n) is 15.3. The van der Waals surface area contributed by atoms with Gasteiger partial charge in [-0.1, -0.05) is 47.0 Å². The van der Waals surface area contributed by atoms with Gasteiger partial charge in [0, 0.05) is 10.6 Å². The summed E-state index contributed by atoms with van der Waals surface area (Å²) in [6, 6.07) is 11.0. The van der Waals surface area contributed by atoms with E-state index in [2.05, 4.69) is 20.6 Å². The normalized spacial score (nSPS) is 11.4. The lowest BCUT2D eigenvalue weighted by Crippen LogP contribution is -2.41. The second-order valence-corrected chi connectivity index (χ2v) is 8.48. The van der Waals surface area contributed by atoms with Gasteiger partial charge in [-0.2, -0.15) is 5.10 Å². The summed E-state index contributed by atoms with van der Waals surface area (Å²) in [6.45, 7) is 0.945. The second-order valence-electron chi connectivity index (χ2n) is 5.87. The number of hydrogen-bond donors (Lipinski definition) is 3. The molecule has 0 bridgehead atoms. The highest BCUT2D eigenvalue weighted by molar-refractivity contribution is 7.89. The van der Waals surface area contributed by atoms with E-state index in [1.165, 1.54) is 24.4 Å². The first-order valence-electron chi connectivity index (χ1n) is 8.27. The van der Waals surface area contributed by atoms with Gasteiger partial charge in [-0.25, -0.2) is 18.6 Å². The summed E-state index contributed by atoms with van der Waals surface area (Å²) in [5.41, 5.74) is 3.68. The Bertz CT molecular complexity index is 1020. The molecule has 0 aliphatic heterocycles. The van der Waals surface area contributed by atoms with Crippen molar-refractivity contribution in [2.45, 2.75) is 11.8 Å². The molecule has 154 valence electrons. The number of hydrogen-bond acceptors (Lipinski definition) is 5. The van der Waals surface area contributed by atoms with Gasteiger partial charge < -0.3 is 5.32 Å². The molecule has 0 radical (unpaired) electrons. The number of carbonyl (C=O) groups is 2. The lowest BCUT2D eigenvalue weighted by atomic mass is 10.2. The molecular formula is C18H18Cl2N4O4S. The van der Waals surface area contributed by atoms with E-state index in [1.807, 2.05) is 6.92 Å². The third-order valence-corrected chi connectivity index (χ3v) is 5.54. The van der Waals surface area contributed by atoms with E-state index in [0.717, 1.165) is 5.56 Å². The van der Waals surface area contributed by atoms with E-state index >= 15 is 0 Å². The minimum Gasteiger partial charge on any atom is -0.346 e. The molecule has 0 saturated heterocycles. The Morgan fingerprint density at radius 1 is 1.03 bits per heavy atom. The van der Waals surface area contributed by atoms with Crippen molar-refractivity contribution in [1.29, 1.82) is 0 Å². The molecule has 0 spiro atoms. The standard InChI is InChI=1S/C18H18Cl2N4O4S/c1-12-2-6-15(7-3-12)29(27,28)23-11-17(25)21-10-18(26)24-22-9-13-4-5-14(19)8-16(13)20/h2-9,23H,10-11H2,1H3,(H,21,25)(H,24,26)/b22-9-. The number of nitrogens with one attached hydrogen (secondary N) is 3. The number of amides is 2. The molecule has 2 amide bonds. The highest BCUT2D eigenvalue weighted by Crippen LogP contribution is 2.19. The van der Waals surface area contributed by atoms with Crippen molar-refractivity contribution in [3.8, 4) is 0 Å². The van der Waals surface area contributed by atoms with Crippen LogP contribution in [0.15, 0.2) is 52.5 Å². The minimum absolute atomic E-state index is 0.0452. The van der Waals surface area contributed by atoms with Crippen molar-refractivity contribution >= 4 is 51.3 Å². The van der Waals surface area contributed by atoms with Crippen molar-refractivity contribution in [3.05, 3.63) is 63.6 Å².